The van der Waals surface area contributed by atoms with E-state index in [9.17, 15) is 5.11 Å². The van der Waals surface area contributed by atoms with Crippen LogP contribution in [0.4, 0.5) is 0 Å². The lowest BCUT2D eigenvalue weighted by molar-refractivity contribution is 0.481. The Labute approximate surface area is 102 Å². The molecule has 0 fully saturated rings. The number of hydrogen-bond donors (Lipinski definition) is 1. The van der Waals surface area contributed by atoms with Crippen LogP contribution in [0.2, 0.25) is 0 Å². The van der Waals surface area contributed by atoms with Crippen LogP contribution in [0, 0.1) is 0 Å². The van der Waals surface area contributed by atoms with Gasteiger partial charge in [-0.05, 0) is 11.5 Å². The zero-order valence-electron chi connectivity index (χ0n) is 7.55. The zero-order valence-corrected chi connectivity index (χ0v) is 9.81. The Bertz CT molecular complexity index is 503. The molecule has 0 heterocycles. The Balaban J connectivity index is 2.84. The van der Waals surface area contributed by atoms with Crippen molar-refractivity contribution in [2.75, 3.05) is 0 Å². The number of phenolic OH excluding ortho intramolecular Hbond substituents is 1. The summed E-state index contributed by atoms with van der Waals surface area (Å²) in [5.41, 5.74) is 0.570. The third-order valence-electron chi connectivity index (χ3n) is 2.21. The molecule has 0 aliphatic carbocycles. The van der Waals surface area contributed by atoms with Crippen molar-refractivity contribution in [1.29, 1.82) is 0 Å². The smallest absolute Gasteiger partial charge is 0.216 e. The van der Waals surface area contributed by atoms with Crippen molar-refractivity contribution < 1.29 is 5.11 Å². The molecule has 0 amide bonds. The molecule has 4 heteroatoms. The summed E-state index contributed by atoms with van der Waals surface area (Å²) in [6, 6.07) is 10.4. The van der Waals surface area contributed by atoms with Gasteiger partial charge in [0, 0.05) is 10.9 Å². The maximum Gasteiger partial charge on any atom is 0.216 e. The predicted octanol–water partition coefficient (Wildman–Crippen LogP) is 4.37. The van der Waals surface area contributed by atoms with Gasteiger partial charge in [-0.2, -0.15) is 0 Å². The van der Waals surface area contributed by atoms with Gasteiger partial charge in [0.15, 0.2) is 0 Å². The first-order valence-corrected chi connectivity index (χ1v) is 5.41. The minimum absolute atomic E-state index is 0.184. The summed E-state index contributed by atoms with van der Waals surface area (Å²) in [6.07, 6.45) is 0. The Hall–Kier alpha value is -0.630. The Kier molecular flexibility index (Phi) is 2.72. The molecule has 78 valence electrons. The van der Waals surface area contributed by atoms with E-state index in [0.29, 0.717) is 10.9 Å². The van der Waals surface area contributed by atoms with Gasteiger partial charge in [-0.15, -0.1) is 0 Å². The molecule has 0 radical (unpaired) electrons. The molecule has 0 unspecified atom stereocenters. The third-order valence-corrected chi connectivity index (χ3v) is 2.82. The monoisotopic (exact) mass is 260 g/mol. The van der Waals surface area contributed by atoms with Crippen molar-refractivity contribution in [2.45, 2.75) is 3.79 Å². The number of phenols is 1. The number of fused-ring (bicyclic) bond motifs is 1. The van der Waals surface area contributed by atoms with Crippen molar-refractivity contribution in [3.8, 4) is 5.75 Å². The minimum Gasteiger partial charge on any atom is -0.507 e. The van der Waals surface area contributed by atoms with Crippen molar-refractivity contribution in [3.05, 3.63) is 42.0 Å². The van der Waals surface area contributed by atoms with Crippen molar-refractivity contribution >= 4 is 45.6 Å². The standard InChI is InChI=1S/C11H7Cl3O/c12-11(13,14)9-5-6-10(15)8-4-2-1-3-7(8)9/h1-6,15H. The van der Waals surface area contributed by atoms with Crippen LogP contribution in [0.1, 0.15) is 5.56 Å². The fraction of sp³-hybridized carbons (Fsp3) is 0.0909. The molecule has 2 aromatic carbocycles. The zero-order chi connectivity index (χ0) is 11.1. The van der Waals surface area contributed by atoms with Gasteiger partial charge >= 0.3 is 0 Å². The molecule has 15 heavy (non-hydrogen) atoms. The fourth-order valence-corrected chi connectivity index (χ4v) is 2.02. The SMILES string of the molecule is Oc1ccc(C(Cl)(Cl)Cl)c2ccccc12. The highest BCUT2D eigenvalue weighted by atomic mass is 35.6. The van der Waals surface area contributed by atoms with Crippen LogP contribution in [0.15, 0.2) is 36.4 Å². The molecule has 1 N–H and O–H groups in total. The highest BCUT2D eigenvalue weighted by Crippen LogP contribution is 2.43. The summed E-state index contributed by atoms with van der Waals surface area (Å²) in [4.78, 5) is 0. The summed E-state index contributed by atoms with van der Waals surface area (Å²) in [6.45, 7) is 0. The second kappa shape index (κ2) is 3.75. The summed E-state index contributed by atoms with van der Waals surface area (Å²) in [7, 11) is 0. The number of rotatable bonds is 0. The Morgan fingerprint density at radius 1 is 0.867 bits per heavy atom. The van der Waals surface area contributed by atoms with E-state index in [-0.39, 0.29) is 5.75 Å². The van der Waals surface area contributed by atoms with Gasteiger partial charge in [0.2, 0.25) is 3.79 Å². The van der Waals surface area contributed by atoms with E-state index in [2.05, 4.69) is 0 Å². The summed E-state index contributed by atoms with van der Waals surface area (Å²) in [5.74, 6) is 0.184. The summed E-state index contributed by atoms with van der Waals surface area (Å²) >= 11 is 17.5. The third kappa shape index (κ3) is 2.00. The molecule has 0 spiro atoms. The van der Waals surface area contributed by atoms with Gasteiger partial charge in [0.25, 0.3) is 0 Å². The Morgan fingerprint density at radius 2 is 1.47 bits per heavy atom. The highest BCUT2D eigenvalue weighted by molar-refractivity contribution is 6.67. The lowest BCUT2D eigenvalue weighted by atomic mass is 10.0. The van der Waals surface area contributed by atoms with E-state index in [1.807, 2.05) is 18.2 Å². The number of hydrogen-bond acceptors (Lipinski definition) is 1. The number of halogens is 3. The molecule has 0 saturated carbocycles. The first kappa shape index (κ1) is 10.9. The molecule has 1 nitrogen and oxygen atoms in total. The molecule has 0 aromatic heterocycles. The van der Waals surface area contributed by atoms with Crippen LogP contribution in [0.5, 0.6) is 5.75 Å². The normalized spacial score (nSPS) is 11.9. The van der Waals surface area contributed by atoms with Crippen molar-refractivity contribution in [3.63, 3.8) is 0 Å². The summed E-state index contributed by atoms with van der Waals surface area (Å²) in [5, 5.41) is 11.1. The largest absolute Gasteiger partial charge is 0.507 e. The van der Waals surface area contributed by atoms with Gasteiger partial charge in [-0.25, -0.2) is 0 Å². The van der Waals surface area contributed by atoms with E-state index < -0.39 is 3.79 Å². The quantitative estimate of drug-likeness (QED) is 0.698. The van der Waals surface area contributed by atoms with Gasteiger partial charge in [-0.1, -0.05) is 65.1 Å². The molecular weight excluding hydrogens is 254 g/mol. The topological polar surface area (TPSA) is 20.2 Å². The first-order chi connectivity index (χ1) is 7.00. The van der Waals surface area contributed by atoms with Crippen LogP contribution in [0.25, 0.3) is 10.8 Å². The number of aromatic hydroxyl groups is 1. The maximum atomic E-state index is 9.63. The number of alkyl halides is 3. The van der Waals surface area contributed by atoms with E-state index in [4.69, 9.17) is 34.8 Å². The second-order valence-corrected chi connectivity index (χ2v) is 5.46. The predicted molar refractivity (Wildman–Crippen MR) is 64.8 cm³/mol. The highest BCUT2D eigenvalue weighted by Gasteiger charge is 2.25. The van der Waals surface area contributed by atoms with Crippen LogP contribution >= 0.6 is 34.8 Å². The van der Waals surface area contributed by atoms with Gasteiger partial charge < -0.3 is 5.11 Å². The van der Waals surface area contributed by atoms with Crippen molar-refractivity contribution in [2.24, 2.45) is 0 Å². The van der Waals surface area contributed by atoms with Crippen LogP contribution in [-0.2, 0) is 3.79 Å². The van der Waals surface area contributed by atoms with Crippen LogP contribution in [-0.4, -0.2) is 5.11 Å². The Morgan fingerprint density at radius 3 is 2.07 bits per heavy atom. The number of benzene rings is 2. The average molecular weight is 262 g/mol. The molecule has 0 saturated heterocycles. The first-order valence-electron chi connectivity index (χ1n) is 4.28. The summed E-state index contributed by atoms with van der Waals surface area (Å²) < 4.78 is -1.48. The van der Waals surface area contributed by atoms with E-state index in [1.165, 1.54) is 6.07 Å². The lowest BCUT2D eigenvalue weighted by Gasteiger charge is -2.14. The maximum absolute atomic E-state index is 9.63. The van der Waals surface area contributed by atoms with E-state index in [1.54, 1.807) is 12.1 Å². The van der Waals surface area contributed by atoms with Gasteiger partial charge in [-0.3, -0.25) is 0 Å². The van der Waals surface area contributed by atoms with Crippen LogP contribution < -0.4 is 0 Å². The minimum atomic E-state index is -1.48. The second-order valence-electron chi connectivity index (χ2n) is 3.18. The van der Waals surface area contributed by atoms with Gasteiger partial charge in [0.05, 0.1) is 0 Å². The fourth-order valence-electron chi connectivity index (χ4n) is 1.53. The molecule has 0 aliphatic rings. The van der Waals surface area contributed by atoms with E-state index in [0.717, 1.165) is 5.39 Å². The molecule has 2 rings (SSSR count). The molecule has 0 aliphatic heterocycles. The lowest BCUT2D eigenvalue weighted by Crippen LogP contribution is -2.00. The van der Waals surface area contributed by atoms with Gasteiger partial charge in [0.1, 0.15) is 5.75 Å². The van der Waals surface area contributed by atoms with E-state index >= 15 is 0 Å². The van der Waals surface area contributed by atoms with Crippen LogP contribution in [0.3, 0.4) is 0 Å². The molecule has 0 bridgehead atoms. The molecule has 0 atom stereocenters. The molecule has 2 aromatic rings. The average Bonchev–Trinajstić information content (AvgIpc) is 2.17. The van der Waals surface area contributed by atoms with Crippen molar-refractivity contribution in [1.82, 2.24) is 0 Å². The molecular formula is C11H7Cl3O.